The Morgan fingerprint density at radius 3 is 2.68 bits per heavy atom. The van der Waals surface area contributed by atoms with E-state index < -0.39 is 11.9 Å². The van der Waals surface area contributed by atoms with Gasteiger partial charge in [-0.25, -0.2) is 4.79 Å². The molecular formula is C25H24ClN3O4S. The van der Waals surface area contributed by atoms with Gasteiger partial charge in [0, 0.05) is 22.5 Å². The van der Waals surface area contributed by atoms with Crippen molar-refractivity contribution < 1.29 is 19.1 Å². The predicted octanol–water partition coefficient (Wildman–Crippen LogP) is 4.98. The third-order valence-corrected chi connectivity index (χ3v) is 6.42. The molecule has 176 valence electrons. The molecule has 0 unspecified atom stereocenters. The van der Waals surface area contributed by atoms with Crippen LogP contribution in [0.4, 0.5) is 5.69 Å². The fraction of sp³-hybridized carbons (Fsp3) is 0.240. The highest BCUT2D eigenvalue weighted by atomic mass is 35.5. The average molecular weight is 498 g/mol. The summed E-state index contributed by atoms with van der Waals surface area (Å²) >= 11 is 7.63. The summed E-state index contributed by atoms with van der Waals surface area (Å²) in [6.07, 6.45) is 0. The quantitative estimate of drug-likeness (QED) is 0.496. The number of esters is 1. The van der Waals surface area contributed by atoms with Crippen LogP contribution in [0.2, 0.25) is 5.02 Å². The third-order valence-electron chi connectivity index (χ3n) is 5.06. The number of amides is 1. The number of carbonyl (C=O) groups excluding carboxylic acids is 2. The molecule has 7 nitrogen and oxygen atoms in total. The van der Waals surface area contributed by atoms with Crippen molar-refractivity contribution in [3.05, 3.63) is 81.0 Å². The minimum Gasteiger partial charge on any atom is -0.497 e. The molecule has 0 fully saturated rings. The molecule has 1 amide bonds. The number of thioether (sulfide) groups is 1. The minimum absolute atomic E-state index is 0.0436. The van der Waals surface area contributed by atoms with E-state index in [-0.39, 0.29) is 18.3 Å². The molecule has 1 aliphatic heterocycles. The minimum atomic E-state index is -0.719. The van der Waals surface area contributed by atoms with Crippen LogP contribution in [0.5, 0.6) is 5.75 Å². The number of dihydropyridines is 1. The molecular weight excluding hydrogens is 474 g/mol. The first-order chi connectivity index (χ1) is 16.4. The molecule has 3 rings (SSSR count). The van der Waals surface area contributed by atoms with Gasteiger partial charge < -0.3 is 20.1 Å². The molecule has 0 bridgehead atoms. The van der Waals surface area contributed by atoms with Gasteiger partial charge in [-0.2, -0.15) is 5.26 Å². The number of nitrogens with zero attached hydrogens (tertiary/aromatic N) is 1. The molecule has 1 heterocycles. The van der Waals surface area contributed by atoms with Crippen LogP contribution in [-0.2, 0) is 14.3 Å². The van der Waals surface area contributed by atoms with Crippen LogP contribution < -0.4 is 15.4 Å². The molecule has 1 aliphatic rings. The molecule has 9 heteroatoms. The van der Waals surface area contributed by atoms with Crippen molar-refractivity contribution in [2.24, 2.45) is 0 Å². The Morgan fingerprint density at radius 2 is 2.00 bits per heavy atom. The maximum absolute atomic E-state index is 12.8. The molecule has 0 saturated carbocycles. The Morgan fingerprint density at radius 1 is 1.24 bits per heavy atom. The van der Waals surface area contributed by atoms with Crippen LogP contribution in [0.3, 0.4) is 0 Å². The van der Waals surface area contributed by atoms with E-state index in [1.807, 2.05) is 0 Å². The lowest BCUT2D eigenvalue weighted by molar-refractivity contribution is -0.138. The second-order valence-electron chi connectivity index (χ2n) is 7.26. The van der Waals surface area contributed by atoms with Gasteiger partial charge in [0.15, 0.2) is 0 Å². The number of nitriles is 1. The van der Waals surface area contributed by atoms with Gasteiger partial charge in [-0.05, 0) is 37.6 Å². The van der Waals surface area contributed by atoms with Gasteiger partial charge in [-0.3, -0.25) is 4.79 Å². The van der Waals surface area contributed by atoms with E-state index in [1.165, 1.54) is 11.8 Å². The smallest absolute Gasteiger partial charge is 0.336 e. The zero-order valence-electron chi connectivity index (χ0n) is 19.0. The lowest BCUT2D eigenvalue weighted by atomic mass is 9.82. The van der Waals surface area contributed by atoms with Gasteiger partial charge >= 0.3 is 5.97 Å². The van der Waals surface area contributed by atoms with E-state index in [9.17, 15) is 14.9 Å². The first-order valence-electron chi connectivity index (χ1n) is 10.5. The van der Waals surface area contributed by atoms with Crippen LogP contribution in [0.1, 0.15) is 25.3 Å². The second-order valence-corrected chi connectivity index (χ2v) is 8.65. The number of allylic oxidation sites excluding steroid dienone is 2. The first kappa shape index (κ1) is 25.2. The fourth-order valence-electron chi connectivity index (χ4n) is 3.56. The van der Waals surface area contributed by atoms with Gasteiger partial charge in [0.25, 0.3) is 0 Å². The van der Waals surface area contributed by atoms with E-state index in [4.69, 9.17) is 21.1 Å². The number of ether oxygens (including phenoxy) is 2. The zero-order valence-corrected chi connectivity index (χ0v) is 20.5. The summed E-state index contributed by atoms with van der Waals surface area (Å²) in [6, 6.07) is 16.3. The van der Waals surface area contributed by atoms with Crippen molar-refractivity contribution in [1.29, 1.82) is 5.26 Å². The Kier molecular flexibility index (Phi) is 8.63. The van der Waals surface area contributed by atoms with Crippen molar-refractivity contribution in [3.8, 4) is 11.8 Å². The maximum atomic E-state index is 12.8. The van der Waals surface area contributed by atoms with Gasteiger partial charge in [-0.15, -0.1) is 0 Å². The van der Waals surface area contributed by atoms with E-state index in [0.717, 1.165) is 0 Å². The number of benzene rings is 2. The van der Waals surface area contributed by atoms with Crippen molar-refractivity contribution >= 4 is 40.9 Å². The molecule has 2 N–H and O–H groups in total. The number of hydrogen-bond donors (Lipinski definition) is 2. The van der Waals surface area contributed by atoms with Crippen LogP contribution >= 0.6 is 23.4 Å². The van der Waals surface area contributed by atoms with Crippen LogP contribution in [0.15, 0.2) is 70.4 Å². The van der Waals surface area contributed by atoms with E-state index in [0.29, 0.717) is 43.9 Å². The number of anilines is 1. The zero-order chi connectivity index (χ0) is 24.7. The van der Waals surface area contributed by atoms with Crippen LogP contribution in [-0.4, -0.2) is 31.3 Å². The lowest BCUT2D eigenvalue weighted by Gasteiger charge is -2.29. The summed E-state index contributed by atoms with van der Waals surface area (Å²) in [6.45, 7) is 3.65. The van der Waals surface area contributed by atoms with Gasteiger partial charge in [0.1, 0.15) is 5.75 Å². The SMILES string of the molecule is CCOC(=O)C1=C(C)NC(SCC(=O)Nc2cccc(OC)c2)=C(C#N)[C@@H]1c1ccccc1Cl. The Balaban J connectivity index is 1.89. The predicted molar refractivity (Wildman–Crippen MR) is 133 cm³/mol. The molecule has 0 radical (unpaired) electrons. The topological polar surface area (TPSA) is 100 Å². The normalized spacial score (nSPS) is 15.3. The van der Waals surface area contributed by atoms with E-state index in [2.05, 4.69) is 16.7 Å². The van der Waals surface area contributed by atoms with Crippen molar-refractivity contribution in [2.75, 3.05) is 24.8 Å². The monoisotopic (exact) mass is 497 g/mol. The molecule has 0 spiro atoms. The molecule has 2 aromatic rings. The van der Waals surface area contributed by atoms with Crippen molar-refractivity contribution in [3.63, 3.8) is 0 Å². The largest absolute Gasteiger partial charge is 0.497 e. The van der Waals surface area contributed by atoms with Crippen LogP contribution in [0.25, 0.3) is 0 Å². The van der Waals surface area contributed by atoms with Gasteiger partial charge in [0.2, 0.25) is 5.91 Å². The number of rotatable bonds is 8. The molecule has 1 atom stereocenters. The number of halogens is 1. The first-order valence-corrected chi connectivity index (χ1v) is 11.9. The highest BCUT2D eigenvalue weighted by molar-refractivity contribution is 8.03. The number of methoxy groups -OCH3 is 1. The van der Waals surface area contributed by atoms with E-state index >= 15 is 0 Å². The summed E-state index contributed by atoms with van der Waals surface area (Å²) in [4.78, 5) is 25.4. The Labute approximate surface area is 207 Å². The van der Waals surface area contributed by atoms with Gasteiger partial charge in [0.05, 0.1) is 47.6 Å². The number of carbonyl (C=O) groups is 2. The standard InChI is InChI=1S/C25H24ClN3O4S/c1-4-33-25(31)22-15(2)28-24(19(13-27)23(22)18-10-5-6-11-20(18)26)34-14-21(30)29-16-8-7-9-17(12-16)32-3/h5-12,23,28H,4,14H2,1-3H3,(H,29,30)/t23-/m0/s1. The Hall–Kier alpha value is -3.41. The summed E-state index contributed by atoms with van der Waals surface area (Å²) in [5, 5.41) is 16.9. The van der Waals surface area contributed by atoms with E-state index in [1.54, 1.807) is 69.5 Å². The number of hydrogen-bond acceptors (Lipinski definition) is 7. The molecule has 34 heavy (non-hydrogen) atoms. The molecule has 2 aromatic carbocycles. The summed E-state index contributed by atoms with van der Waals surface area (Å²) in [5.41, 5.74) is 2.37. The number of nitrogens with one attached hydrogen (secondary N) is 2. The van der Waals surface area contributed by atoms with Crippen LogP contribution in [0, 0.1) is 11.3 Å². The molecule has 0 aromatic heterocycles. The van der Waals surface area contributed by atoms with Gasteiger partial charge in [-0.1, -0.05) is 47.6 Å². The fourth-order valence-corrected chi connectivity index (χ4v) is 4.70. The lowest BCUT2D eigenvalue weighted by Crippen LogP contribution is -2.29. The van der Waals surface area contributed by atoms with Crippen molar-refractivity contribution in [1.82, 2.24) is 5.32 Å². The molecule has 0 saturated heterocycles. The average Bonchev–Trinajstić information content (AvgIpc) is 2.82. The maximum Gasteiger partial charge on any atom is 0.336 e. The highest BCUT2D eigenvalue weighted by Crippen LogP contribution is 2.43. The summed E-state index contributed by atoms with van der Waals surface area (Å²) < 4.78 is 10.4. The second kappa shape index (κ2) is 11.6. The summed E-state index contributed by atoms with van der Waals surface area (Å²) in [7, 11) is 1.55. The highest BCUT2D eigenvalue weighted by Gasteiger charge is 2.36. The third kappa shape index (κ3) is 5.74. The van der Waals surface area contributed by atoms with Crippen molar-refractivity contribution in [2.45, 2.75) is 19.8 Å². The Bertz CT molecular complexity index is 1200. The molecule has 0 aliphatic carbocycles. The summed E-state index contributed by atoms with van der Waals surface area (Å²) in [5.74, 6) is -0.823.